The number of benzene rings is 2. The molecule has 0 spiro atoms. The molecule has 0 saturated carbocycles. The maximum absolute atomic E-state index is 12.8. The number of thiophene rings is 1. The Hall–Kier alpha value is -2.41. The van der Waals surface area contributed by atoms with Crippen LogP contribution in [0.25, 0.3) is 10.1 Å². The van der Waals surface area contributed by atoms with Gasteiger partial charge in [-0.3, -0.25) is 4.79 Å². The number of fused-ring (bicyclic) bond motifs is 1. The van der Waals surface area contributed by atoms with E-state index in [0.717, 1.165) is 27.5 Å². The van der Waals surface area contributed by atoms with Crippen molar-refractivity contribution in [1.82, 2.24) is 0 Å². The van der Waals surface area contributed by atoms with Crippen molar-refractivity contribution in [3.05, 3.63) is 59.0 Å². The third-order valence-corrected chi connectivity index (χ3v) is 8.33. The van der Waals surface area contributed by atoms with Crippen molar-refractivity contribution in [2.45, 2.75) is 44.8 Å². The van der Waals surface area contributed by atoms with E-state index in [1.807, 2.05) is 18.2 Å². The second-order valence-electron chi connectivity index (χ2n) is 9.87. The number of hydrogen-bond donors (Lipinski definition) is 1. The number of nitrogens with zero attached hydrogens (tertiary/aromatic N) is 1. The molecule has 2 aromatic carbocycles. The van der Waals surface area contributed by atoms with Crippen LogP contribution in [0.2, 0.25) is 0 Å². The zero-order valence-corrected chi connectivity index (χ0v) is 21.3. The number of quaternary nitrogens is 1. The van der Waals surface area contributed by atoms with E-state index in [-0.39, 0.29) is 12.2 Å². The van der Waals surface area contributed by atoms with Gasteiger partial charge in [0.2, 0.25) is 0 Å². The molecule has 0 radical (unpaired) electrons. The molecule has 2 heterocycles. The van der Waals surface area contributed by atoms with Crippen LogP contribution >= 0.6 is 11.3 Å². The summed E-state index contributed by atoms with van der Waals surface area (Å²) in [6.45, 7) is 3.42. The van der Waals surface area contributed by atoms with Gasteiger partial charge < -0.3 is 19.1 Å². The van der Waals surface area contributed by atoms with Crippen LogP contribution < -0.4 is 9.47 Å². The monoisotopic (exact) mass is 482 g/mol. The highest BCUT2D eigenvalue weighted by Gasteiger charge is 2.30. The van der Waals surface area contributed by atoms with E-state index in [1.54, 1.807) is 14.2 Å². The largest absolute Gasteiger partial charge is 0.493 e. The molecule has 0 aliphatic carbocycles. The number of methoxy groups -OCH3 is 2. The molecule has 4 rings (SSSR count). The third kappa shape index (κ3) is 5.98. The number of aliphatic hydroxyl groups excluding tert-OH is 1. The number of hydrogen-bond acceptors (Lipinski definition) is 5. The fraction of sp³-hybridized carbons (Fsp3) is 0.464. The lowest BCUT2D eigenvalue weighted by molar-refractivity contribution is -0.928. The van der Waals surface area contributed by atoms with E-state index >= 15 is 0 Å². The molecule has 0 amide bonds. The Kier molecular flexibility index (Phi) is 7.91. The summed E-state index contributed by atoms with van der Waals surface area (Å²) < 4.78 is 12.8. The van der Waals surface area contributed by atoms with Crippen LogP contribution in [0, 0.1) is 5.92 Å². The van der Waals surface area contributed by atoms with Crippen LogP contribution in [0.1, 0.15) is 47.3 Å². The Morgan fingerprint density at radius 2 is 1.76 bits per heavy atom. The predicted molar refractivity (Wildman–Crippen MR) is 138 cm³/mol. The van der Waals surface area contributed by atoms with E-state index in [0.29, 0.717) is 28.7 Å². The predicted octanol–water partition coefficient (Wildman–Crippen LogP) is 5.69. The average Bonchev–Trinajstić information content (AvgIpc) is 3.26. The number of aliphatic hydroxyl groups is 1. The molecule has 1 N–H and O–H groups in total. The minimum absolute atomic E-state index is 0.00220. The lowest BCUT2D eigenvalue weighted by Gasteiger charge is -2.41. The highest BCUT2D eigenvalue weighted by atomic mass is 32.1. The summed E-state index contributed by atoms with van der Waals surface area (Å²) in [6, 6.07) is 16.4. The Balaban J connectivity index is 1.26. The van der Waals surface area contributed by atoms with Crippen molar-refractivity contribution in [1.29, 1.82) is 0 Å². The van der Waals surface area contributed by atoms with Gasteiger partial charge in [-0.15, -0.1) is 11.3 Å². The molecule has 1 aromatic heterocycles. The zero-order valence-electron chi connectivity index (χ0n) is 20.5. The molecule has 1 aliphatic heterocycles. The number of ether oxygens (including phenoxy) is 2. The number of ketones is 1. The minimum Gasteiger partial charge on any atom is -0.493 e. The molecule has 5 nitrogen and oxygen atoms in total. The Bertz CT molecular complexity index is 1060. The fourth-order valence-electron chi connectivity index (χ4n) is 5.06. The molecular formula is C28H36NO4S+. The van der Waals surface area contributed by atoms with Crippen LogP contribution in [-0.2, 0) is 6.54 Å². The summed E-state index contributed by atoms with van der Waals surface area (Å²) in [6.07, 6.45) is 3.63. The summed E-state index contributed by atoms with van der Waals surface area (Å²) in [5.74, 6) is 1.94. The fourth-order valence-corrected chi connectivity index (χ4v) is 6.09. The summed E-state index contributed by atoms with van der Waals surface area (Å²) in [5.41, 5.74) is 1.40. The van der Waals surface area contributed by atoms with E-state index in [9.17, 15) is 9.90 Å². The number of Topliss-reactive ketones (excluding diaryl/α,β-unsaturated/α-hetero) is 1. The van der Waals surface area contributed by atoms with Gasteiger partial charge in [0.15, 0.2) is 17.3 Å². The van der Waals surface area contributed by atoms with Gasteiger partial charge in [-0.05, 0) is 49.1 Å². The van der Waals surface area contributed by atoms with Gasteiger partial charge in [0.25, 0.3) is 0 Å². The Morgan fingerprint density at radius 3 is 2.44 bits per heavy atom. The molecule has 34 heavy (non-hydrogen) atoms. The quantitative estimate of drug-likeness (QED) is 0.298. The van der Waals surface area contributed by atoms with Crippen molar-refractivity contribution in [3.63, 3.8) is 0 Å². The molecule has 1 atom stereocenters. The molecule has 3 aromatic rings. The summed E-state index contributed by atoms with van der Waals surface area (Å²) in [7, 11) is 5.56. The van der Waals surface area contributed by atoms with Crippen LogP contribution in [0.15, 0.2) is 48.5 Å². The first-order valence-electron chi connectivity index (χ1n) is 12.1. The van der Waals surface area contributed by atoms with Crippen molar-refractivity contribution in [3.8, 4) is 11.5 Å². The van der Waals surface area contributed by atoms with Crippen LogP contribution in [0.5, 0.6) is 11.5 Å². The second-order valence-corrected chi connectivity index (χ2v) is 11.0. The van der Waals surface area contributed by atoms with Gasteiger partial charge in [0.1, 0.15) is 6.54 Å². The summed E-state index contributed by atoms with van der Waals surface area (Å²) >= 11 is 1.44. The standard InChI is InChI=1S/C28H36NO4S/c1-29(19-21-7-5-4-6-8-21)13-11-20(12-14-29)9-10-23(30)17-24(31)28-16-22-15-25(32-2)26(33-3)18-27(22)34-28/h4-8,15-16,18,20,23,30H,9-14,17,19H2,1-3H3/q+1. The zero-order chi connectivity index (χ0) is 24.1. The highest BCUT2D eigenvalue weighted by Crippen LogP contribution is 2.37. The first kappa shape index (κ1) is 24.7. The maximum atomic E-state index is 12.8. The normalized spacial score (nSPS) is 21.4. The first-order valence-corrected chi connectivity index (χ1v) is 12.9. The van der Waals surface area contributed by atoms with Gasteiger partial charge in [0.05, 0.1) is 45.3 Å². The van der Waals surface area contributed by atoms with Crippen molar-refractivity contribution in [2.75, 3.05) is 34.4 Å². The highest BCUT2D eigenvalue weighted by molar-refractivity contribution is 7.20. The third-order valence-electron chi connectivity index (χ3n) is 7.19. The van der Waals surface area contributed by atoms with Gasteiger partial charge >= 0.3 is 0 Å². The van der Waals surface area contributed by atoms with Gasteiger partial charge in [0, 0.05) is 22.8 Å². The maximum Gasteiger partial charge on any atom is 0.175 e. The first-order chi connectivity index (χ1) is 16.4. The van der Waals surface area contributed by atoms with Crippen molar-refractivity contribution < 1.29 is 23.9 Å². The smallest absolute Gasteiger partial charge is 0.175 e. The molecule has 1 unspecified atom stereocenters. The number of carbonyl (C=O) groups excluding carboxylic acids is 1. The number of likely N-dealkylation sites (tertiary alicyclic amines) is 1. The second kappa shape index (κ2) is 10.9. The number of rotatable bonds is 10. The average molecular weight is 483 g/mol. The SMILES string of the molecule is COc1cc2cc(C(=O)CC(O)CCC3CC[N+](C)(Cc4ccccc4)CC3)sc2cc1OC. The number of piperidine rings is 1. The van der Waals surface area contributed by atoms with E-state index in [2.05, 4.69) is 37.4 Å². The molecule has 0 bridgehead atoms. The Morgan fingerprint density at radius 1 is 1.09 bits per heavy atom. The molecule has 6 heteroatoms. The van der Waals surface area contributed by atoms with Gasteiger partial charge in [-0.25, -0.2) is 0 Å². The lowest BCUT2D eigenvalue weighted by Crippen LogP contribution is -2.49. The molecular weight excluding hydrogens is 446 g/mol. The van der Waals surface area contributed by atoms with Crippen molar-refractivity contribution >= 4 is 27.2 Å². The number of carbonyl (C=O) groups is 1. The van der Waals surface area contributed by atoms with Crippen molar-refractivity contribution in [2.24, 2.45) is 5.92 Å². The minimum atomic E-state index is -0.589. The van der Waals surface area contributed by atoms with E-state index < -0.39 is 6.10 Å². The Labute approximate surface area is 206 Å². The summed E-state index contributed by atoms with van der Waals surface area (Å²) in [4.78, 5) is 13.5. The molecule has 1 aliphatic rings. The lowest BCUT2D eigenvalue weighted by atomic mass is 9.89. The van der Waals surface area contributed by atoms with Crippen LogP contribution in [0.4, 0.5) is 0 Å². The van der Waals surface area contributed by atoms with Crippen LogP contribution in [0.3, 0.4) is 0 Å². The molecule has 1 saturated heterocycles. The molecule has 1 fully saturated rings. The van der Waals surface area contributed by atoms with Gasteiger partial charge in [-0.1, -0.05) is 30.3 Å². The topological polar surface area (TPSA) is 55.8 Å². The van der Waals surface area contributed by atoms with Crippen LogP contribution in [-0.4, -0.2) is 55.8 Å². The van der Waals surface area contributed by atoms with E-state index in [1.165, 1.54) is 42.8 Å². The molecule has 182 valence electrons. The van der Waals surface area contributed by atoms with Gasteiger partial charge in [-0.2, -0.15) is 0 Å². The van der Waals surface area contributed by atoms with E-state index in [4.69, 9.17) is 9.47 Å². The summed E-state index contributed by atoms with van der Waals surface area (Å²) in [5, 5.41) is 11.5.